The van der Waals surface area contributed by atoms with Crippen LogP contribution >= 0.6 is 0 Å². The molecule has 4 nitrogen and oxygen atoms in total. The lowest BCUT2D eigenvalue weighted by molar-refractivity contribution is 0.0945. The van der Waals surface area contributed by atoms with E-state index in [1.54, 1.807) is 24.0 Å². The monoisotopic (exact) mass is 181 g/mol. The smallest absolute Gasteiger partial charge is 0.269 e. The van der Waals surface area contributed by atoms with Gasteiger partial charge in [-0.2, -0.15) is 5.10 Å². The van der Waals surface area contributed by atoms with Crippen LogP contribution in [0.25, 0.3) is 0 Å². The summed E-state index contributed by atoms with van der Waals surface area (Å²) in [5, 5.41) is 6.69. The summed E-state index contributed by atoms with van der Waals surface area (Å²) in [6.45, 7) is 6.02. The highest BCUT2D eigenvalue weighted by atomic mass is 16.1. The van der Waals surface area contributed by atoms with Crippen molar-refractivity contribution >= 4 is 5.91 Å². The van der Waals surface area contributed by atoms with E-state index in [0.717, 1.165) is 0 Å². The van der Waals surface area contributed by atoms with E-state index in [9.17, 15) is 4.79 Å². The van der Waals surface area contributed by atoms with Crippen LogP contribution in [0, 0.1) is 0 Å². The van der Waals surface area contributed by atoms with E-state index in [1.165, 1.54) is 0 Å². The minimum absolute atomic E-state index is 0.104. The SMILES string of the molecule is CNC(=O)c1ccnn1C(C)(C)C. The number of hydrogen-bond acceptors (Lipinski definition) is 2. The third-order valence-electron chi connectivity index (χ3n) is 1.74. The predicted octanol–water partition coefficient (Wildman–Crippen LogP) is 0.998. The van der Waals surface area contributed by atoms with Crippen LogP contribution < -0.4 is 5.32 Å². The van der Waals surface area contributed by atoms with Gasteiger partial charge in [-0.25, -0.2) is 0 Å². The van der Waals surface area contributed by atoms with Gasteiger partial charge in [0, 0.05) is 13.2 Å². The predicted molar refractivity (Wildman–Crippen MR) is 50.6 cm³/mol. The molecular formula is C9H15N3O. The normalized spacial score (nSPS) is 11.4. The fourth-order valence-corrected chi connectivity index (χ4v) is 1.14. The van der Waals surface area contributed by atoms with E-state index in [1.807, 2.05) is 20.8 Å². The zero-order valence-corrected chi connectivity index (χ0v) is 8.46. The second kappa shape index (κ2) is 3.20. The lowest BCUT2D eigenvalue weighted by Gasteiger charge is -2.21. The summed E-state index contributed by atoms with van der Waals surface area (Å²) in [5.41, 5.74) is 0.431. The van der Waals surface area contributed by atoms with Crippen molar-refractivity contribution in [2.75, 3.05) is 7.05 Å². The molecule has 0 unspecified atom stereocenters. The zero-order valence-electron chi connectivity index (χ0n) is 8.46. The molecule has 0 aromatic carbocycles. The standard InChI is InChI=1S/C9H15N3O/c1-9(2,3)12-7(5-6-11-12)8(13)10-4/h5-6H,1-4H3,(H,10,13). The van der Waals surface area contributed by atoms with Gasteiger partial charge in [-0.15, -0.1) is 0 Å². The van der Waals surface area contributed by atoms with E-state index < -0.39 is 0 Å². The van der Waals surface area contributed by atoms with Crippen LogP contribution in [0.4, 0.5) is 0 Å². The number of hydrogen-bond donors (Lipinski definition) is 1. The van der Waals surface area contributed by atoms with Crippen molar-refractivity contribution in [2.45, 2.75) is 26.3 Å². The Morgan fingerprint density at radius 3 is 2.62 bits per heavy atom. The minimum Gasteiger partial charge on any atom is -0.354 e. The van der Waals surface area contributed by atoms with Crippen molar-refractivity contribution in [3.05, 3.63) is 18.0 Å². The molecule has 1 aromatic rings. The van der Waals surface area contributed by atoms with Crippen LogP contribution in [0.1, 0.15) is 31.3 Å². The second-order valence-electron chi connectivity index (χ2n) is 3.88. The molecule has 1 amide bonds. The van der Waals surface area contributed by atoms with Crippen molar-refractivity contribution < 1.29 is 4.79 Å². The lowest BCUT2D eigenvalue weighted by atomic mass is 10.1. The first kappa shape index (κ1) is 9.77. The molecule has 1 rings (SSSR count). The summed E-state index contributed by atoms with van der Waals surface area (Å²) in [7, 11) is 1.61. The molecule has 0 atom stereocenters. The third kappa shape index (κ3) is 1.88. The van der Waals surface area contributed by atoms with Crippen molar-refractivity contribution in [3.63, 3.8) is 0 Å². The second-order valence-corrected chi connectivity index (χ2v) is 3.88. The molecule has 0 radical (unpaired) electrons. The van der Waals surface area contributed by atoms with Crippen LogP contribution in [0.2, 0.25) is 0 Å². The minimum atomic E-state index is -0.161. The van der Waals surface area contributed by atoms with Gasteiger partial charge in [0.1, 0.15) is 5.69 Å². The summed E-state index contributed by atoms with van der Waals surface area (Å²) in [5.74, 6) is -0.104. The van der Waals surface area contributed by atoms with Gasteiger partial charge in [0.25, 0.3) is 5.91 Å². The highest BCUT2D eigenvalue weighted by Crippen LogP contribution is 2.14. The number of aromatic nitrogens is 2. The third-order valence-corrected chi connectivity index (χ3v) is 1.74. The number of carbonyl (C=O) groups is 1. The quantitative estimate of drug-likeness (QED) is 0.702. The molecule has 0 saturated heterocycles. The summed E-state index contributed by atoms with van der Waals surface area (Å²) >= 11 is 0. The topological polar surface area (TPSA) is 46.9 Å². The van der Waals surface area contributed by atoms with Gasteiger partial charge in [0.2, 0.25) is 0 Å². The first-order chi connectivity index (χ1) is 5.96. The highest BCUT2D eigenvalue weighted by Gasteiger charge is 2.20. The molecule has 0 saturated carbocycles. The maximum atomic E-state index is 11.4. The van der Waals surface area contributed by atoms with Crippen LogP contribution in [0.3, 0.4) is 0 Å². The number of amides is 1. The van der Waals surface area contributed by atoms with Crippen LogP contribution in [0.5, 0.6) is 0 Å². The van der Waals surface area contributed by atoms with Gasteiger partial charge in [0.05, 0.1) is 5.54 Å². The molecule has 0 spiro atoms. The Labute approximate surface area is 77.9 Å². The molecule has 13 heavy (non-hydrogen) atoms. The summed E-state index contributed by atoms with van der Waals surface area (Å²) in [6.07, 6.45) is 1.63. The Kier molecular flexibility index (Phi) is 2.40. The van der Waals surface area contributed by atoms with Crippen LogP contribution in [0.15, 0.2) is 12.3 Å². The van der Waals surface area contributed by atoms with Crippen LogP contribution in [-0.2, 0) is 5.54 Å². The molecule has 1 heterocycles. The number of nitrogens with one attached hydrogen (secondary N) is 1. The lowest BCUT2D eigenvalue weighted by Crippen LogP contribution is -2.30. The van der Waals surface area contributed by atoms with Crippen molar-refractivity contribution in [1.29, 1.82) is 0 Å². The molecule has 0 aliphatic carbocycles. The molecule has 72 valence electrons. The average molecular weight is 181 g/mol. The van der Waals surface area contributed by atoms with E-state index in [2.05, 4.69) is 10.4 Å². The molecule has 1 N–H and O–H groups in total. The van der Waals surface area contributed by atoms with Crippen LogP contribution in [-0.4, -0.2) is 22.7 Å². The average Bonchev–Trinajstić information content (AvgIpc) is 2.49. The molecule has 1 aromatic heterocycles. The maximum absolute atomic E-state index is 11.4. The Morgan fingerprint density at radius 1 is 1.54 bits per heavy atom. The molecule has 0 bridgehead atoms. The molecule has 0 aliphatic heterocycles. The van der Waals surface area contributed by atoms with Gasteiger partial charge < -0.3 is 5.32 Å². The molecule has 0 fully saturated rings. The van der Waals surface area contributed by atoms with Crippen molar-refractivity contribution in [2.24, 2.45) is 0 Å². The summed E-state index contributed by atoms with van der Waals surface area (Å²) < 4.78 is 1.71. The first-order valence-electron chi connectivity index (χ1n) is 4.23. The fraction of sp³-hybridized carbons (Fsp3) is 0.556. The van der Waals surface area contributed by atoms with E-state index >= 15 is 0 Å². The van der Waals surface area contributed by atoms with E-state index in [-0.39, 0.29) is 11.4 Å². The Balaban J connectivity index is 3.10. The number of nitrogens with zero attached hydrogens (tertiary/aromatic N) is 2. The van der Waals surface area contributed by atoms with Crippen molar-refractivity contribution in [3.8, 4) is 0 Å². The van der Waals surface area contributed by atoms with Gasteiger partial charge in [-0.1, -0.05) is 0 Å². The number of rotatable bonds is 1. The Bertz CT molecular complexity index is 309. The molecule has 0 aliphatic rings. The largest absolute Gasteiger partial charge is 0.354 e. The summed E-state index contributed by atoms with van der Waals surface area (Å²) in [4.78, 5) is 11.4. The first-order valence-corrected chi connectivity index (χ1v) is 4.23. The van der Waals surface area contributed by atoms with Gasteiger partial charge in [-0.3, -0.25) is 9.48 Å². The van der Waals surface area contributed by atoms with Gasteiger partial charge >= 0.3 is 0 Å². The van der Waals surface area contributed by atoms with Gasteiger partial charge in [-0.05, 0) is 26.8 Å². The summed E-state index contributed by atoms with van der Waals surface area (Å²) in [6, 6.07) is 1.71. The van der Waals surface area contributed by atoms with E-state index in [4.69, 9.17) is 0 Å². The molecule has 4 heteroatoms. The number of carbonyl (C=O) groups excluding carboxylic acids is 1. The zero-order chi connectivity index (χ0) is 10.1. The molecular weight excluding hydrogens is 166 g/mol. The van der Waals surface area contributed by atoms with E-state index in [0.29, 0.717) is 5.69 Å². The maximum Gasteiger partial charge on any atom is 0.269 e. The Morgan fingerprint density at radius 2 is 2.15 bits per heavy atom. The fourth-order valence-electron chi connectivity index (χ4n) is 1.14. The van der Waals surface area contributed by atoms with Gasteiger partial charge in [0.15, 0.2) is 0 Å². The van der Waals surface area contributed by atoms with Crippen molar-refractivity contribution in [1.82, 2.24) is 15.1 Å². The highest BCUT2D eigenvalue weighted by molar-refractivity contribution is 5.92. The Hall–Kier alpha value is -1.32.